The molecule has 0 spiro atoms. The summed E-state index contributed by atoms with van der Waals surface area (Å²) < 4.78 is 9.64. The number of methoxy groups -OCH3 is 2. The molecule has 0 unspecified atom stereocenters. The second-order valence-electron chi connectivity index (χ2n) is 1.83. The molecule has 1 aromatic heterocycles. The molecular weight excluding hydrogens is 203 g/mol. The Morgan fingerprint density at radius 2 is 1.42 bits per heavy atom. The lowest BCUT2D eigenvalue weighted by Crippen LogP contribution is -1.96. The van der Waals surface area contributed by atoms with Crippen LogP contribution in [-0.4, -0.2) is 24.2 Å². The number of ether oxygens (including phenoxy) is 2. The Bertz CT molecular complexity index is 268. The van der Waals surface area contributed by atoms with Gasteiger partial charge in [-0.3, -0.25) is 0 Å². The normalized spacial score (nSPS) is 9.67. The predicted octanol–water partition coefficient (Wildman–Crippen LogP) is 1.80. The molecule has 4 nitrogen and oxygen atoms in total. The Labute approximate surface area is 79.4 Å². The van der Waals surface area contributed by atoms with Crippen molar-refractivity contribution < 1.29 is 9.47 Å². The highest BCUT2D eigenvalue weighted by Crippen LogP contribution is 2.31. The molecule has 0 radical (unpaired) electrons. The number of hydrogen-bond acceptors (Lipinski definition) is 4. The van der Waals surface area contributed by atoms with Gasteiger partial charge in [-0.05, 0) is 11.6 Å². The van der Waals surface area contributed by atoms with Crippen LogP contribution < -0.4 is 9.47 Å². The quantitative estimate of drug-likeness (QED) is 0.696. The fraction of sp³-hybridized carbons (Fsp3) is 0.333. The largest absolute Gasteiger partial charge is 0.480 e. The van der Waals surface area contributed by atoms with Crippen LogP contribution in [0, 0.1) is 0 Å². The van der Waals surface area contributed by atoms with Crippen molar-refractivity contribution in [3.8, 4) is 11.8 Å². The monoisotopic (exact) mass is 208 g/mol. The molecule has 1 aromatic rings. The lowest BCUT2D eigenvalue weighted by atomic mass is 10.6. The zero-order valence-electron chi connectivity index (χ0n) is 6.47. The molecular formula is C6H6Cl2N2O2. The van der Waals surface area contributed by atoms with E-state index >= 15 is 0 Å². The summed E-state index contributed by atoms with van der Waals surface area (Å²) in [6, 6.07) is 0. The highest BCUT2D eigenvalue weighted by atomic mass is 35.5. The minimum absolute atomic E-state index is 0.0353. The van der Waals surface area contributed by atoms with Crippen LogP contribution in [0.1, 0.15) is 0 Å². The number of nitrogens with zero attached hydrogens (tertiary/aromatic N) is 2. The second-order valence-corrected chi connectivity index (χ2v) is 2.54. The van der Waals surface area contributed by atoms with Crippen molar-refractivity contribution in [2.45, 2.75) is 0 Å². The molecule has 0 amide bonds. The lowest BCUT2D eigenvalue weighted by Gasteiger charge is -2.05. The van der Waals surface area contributed by atoms with Crippen LogP contribution >= 0.6 is 23.2 Å². The average Bonchev–Trinajstić information content (AvgIpc) is 2.08. The maximum Gasteiger partial charge on any atom is 0.240 e. The van der Waals surface area contributed by atoms with Gasteiger partial charge < -0.3 is 9.47 Å². The molecule has 0 saturated heterocycles. The van der Waals surface area contributed by atoms with Crippen LogP contribution in [0.25, 0.3) is 0 Å². The third kappa shape index (κ3) is 1.70. The first-order chi connectivity index (χ1) is 5.69. The van der Waals surface area contributed by atoms with Gasteiger partial charge in [-0.15, -0.1) is 0 Å². The van der Waals surface area contributed by atoms with Crippen LogP contribution in [0.5, 0.6) is 11.8 Å². The van der Waals surface area contributed by atoms with E-state index in [4.69, 9.17) is 32.7 Å². The van der Waals surface area contributed by atoms with Gasteiger partial charge in [0, 0.05) is 0 Å². The molecule has 1 rings (SSSR count). The van der Waals surface area contributed by atoms with E-state index in [2.05, 4.69) is 9.97 Å². The standard InChI is InChI=1S/C6H6Cl2N2O2/c1-11-4-3(7)5(12-2)10-6(8)9-4/h1-2H3. The van der Waals surface area contributed by atoms with Gasteiger partial charge in [-0.1, -0.05) is 11.6 Å². The van der Waals surface area contributed by atoms with Crippen LogP contribution in [0.2, 0.25) is 10.3 Å². The van der Waals surface area contributed by atoms with Crippen molar-refractivity contribution in [3.05, 3.63) is 10.3 Å². The Morgan fingerprint density at radius 3 is 1.75 bits per heavy atom. The second kappa shape index (κ2) is 3.78. The molecule has 6 heteroatoms. The van der Waals surface area contributed by atoms with Crippen molar-refractivity contribution in [1.29, 1.82) is 0 Å². The first kappa shape index (κ1) is 9.35. The molecule has 66 valence electrons. The summed E-state index contributed by atoms with van der Waals surface area (Å²) in [5.74, 6) is 0.405. The minimum Gasteiger partial charge on any atom is -0.480 e. The van der Waals surface area contributed by atoms with Crippen molar-refractivity contribution in [1.82, 2.24) is 9.97 Å². The van der Waals surface area contributed by atoms with Gasteiger partial charge in [0.1, 0.15) is 0 Å². The minimum atomic E-state index is 0.0353. The van der Waals surface area contributed by atoms with E-state index in [9.17, 15) is 0 Å². The number of rotatable bonds is 2. The van der Waals surface area contributed by atoms with E-state index in [-0.39, 0.29) is 22.1 Å². The van der Waals surface area contributed by atoms with Gasteiger partial charge in [-0.2, -0.15) is 9.97 Å². The Hall–Kier alpha value is -0.740. The zero-order chi connectivity index (χ0) is 9.14. The Kier molecular flexibility index (Phi) is 2.94. The van der Waals surface area contributed by atoms with Crippen molar-refractivity contribution in [2.75, 3.05) is 14.2 Å². The molecule has 0 saturated carbocycles. The Morgan fingerprint density at radius 1 is 1.00 bits per heavy atom. The third-order valence-electron chi connectivity index (χ3n) is 1.15. The van der Waals surface area contributed by atoms with Crippen LogP contribution in [0.3, 0.4) is 0 Å². The molecule has 0 aliphatic carbocycles. The maximum absolute atomic E-state index is 5.75. The van der Waals surface area contributed by atoms with Gasteiger partial charge in [0.2, 0.25) is 17.0 Å². The summed E-state index contributed by atoms with van der Waals surface area (Å²) in [4.78, 5) is 7.44. The topological polar surface area (TPSA) is 44.2 Å². The van der Waals surface area contributed by atoms with E-state index in [0.717, 1.165) is 0 Å². The molecule has 0 fully saturated rings. The molecule has 1 heterocycles. The summed E-state index contributed by atoms with van der Waals surface area (Å²) in [5.41, 5.74) is 0. The summed E-state index contributed by atoms with van der Waals surface area (Å²) in [7, 11) is 2.87. The van der Waals surface area contributed by atoms with Crippen LogP contribution in [-0.2, 0) is 0 Å². The molecule has 0 aromatic carbocycles. The van der Waals surface area contributed by atoms with Gasteiger partial charge >= 0.3 is 0 Å². The zero-order valence-corrected chi connectivity index (χ0v) is 7.98. The summed E-state index contributed by atoms with van der Waals surface area (Å²) >= 11 is 11.3. The summed E-state index contributed by atoms with van der Waals surface area (Å²) in [5, 5.41) is 0.248. The Balaban J connectivity index is 3.22. The number of hydrogen-bond donors (Lipinski definition) is 0. The fourth-order valence-electron chi connectivity index (χ4n) is 0.653. The molecule has 0 bridgehead atoms. The summed E-state index contributed by atoms with van der Waals surface area (Å²) in [6.07, 6.45) is 0. The molecule has 12 heavy (non-hydrogen) atoms. The van der Waals surface area contributed by atoms with Crippen molar-refractivity contribution in [2.24, 2.45) is 0 Å². The van der Waals surface area contributed by atoms with Gasteiger partial charge in [-0.25, -0.2) is 0 Å². The first-order valence-electron chi connectivity index (χ1n) is 3.00. The highest BCUT2D eigenvalue weighted by molar-refractivity contribution is 6.33. The molecule has 0 aliphatic rings. The maximum atomic E-state index is 5.75. The predicted molar refractivity (Wildman–Crippen MR) is 45.2 cm³/mol. The van der Waals surface area contributed by atoms with Gasteiger partial charge in [0.15, 0.2) is 5.02 Å². The van der Waals surface area contributed by atoms with Gasteiger partial charge in [0.25, 0.3) is 0 Å². The summed E-state index contributed by atoms with van der Waals surface area (Å²) in [6.45, 7) is 0. The SMILES string of the molecule is COc1nc(Cl)nc(OC)c1Cl. The molecule has 0 aliphatic heterocycles. The first-order valence-corrected chi connectivity index (χ1v) is 3.75. The number of aromatic nitrogens is 2. The fourth-order valence-corrected chi connectivity index (χ4v) is 1.05. The van der Waals surface area contributed by atoms with E-state index in [1.54, 1.807) is 0 Å². The third-order valence-corrected chi connectivity index (χ3v) is 1.64. The highest BCUT2D eigenvalue weighted by Gasteiger charge is 2.12. The number of halogens is 2. The average molecular weight is 209 g/mol. The van der Waals surface area contributed by atoms with E-state index < -0.39 is 0 Å². The van der Waals surface area contributed by atoms with E-state index in [1.807, 2.05) is 0 Å². The van der Waals surface area contributed by atoms with Crippen LogP contribution in [0.4, 0.5) is 0 Å². The molecule has 0 N–H and O–H groups in total. The smallest absolute Gasteiger partial charge is 0.240 e. The van der Waals surface area contributed by atoms with E-state index in [0.29, 0.717) is 0 Å². The van der Waals surface area contributed by atoms with Crippen molar-refractivity contribution in [3.63, 3.8) is 0 Å². The van der Waals surface area contributed by atoms with Crippen molar-refractivity contribution >= 4 is 23.2 Å². The van der Waals surface area contributed by atoms with Gasteiger partial charge in [0.05, 0.1) is 14.2 Å². The van der Waals surface area contributed by atoms with Crippen LogP contribution in [0.15, 0.2) is 0 Å². The lowest BCUT2D eigenvalue weighted by molar-refractivity contribution is 0.372. The van der Waals surface area contributed by atoms with E-state index in [1.165, 1.54) is 14.2 Å². The molecule has 0 atom stereocenters.